The van der Waals surface area contributed by atoms with E-state index in [9.17, 15) is 4.57 Å². The van der Waals surface area contributed by atoms with E-state index in [-0.39, 0.29) is 6.61 Å². The summed E-state index contributed by atoms with van der Waals surface area (Å²) in [5, 5.41) is 0. The van der Waals surface area contributed by atoms with Crippen molar-refractivity contribution in [2.45, 2.75) is 0 Å². The van der Waals surface area contributed by atoms with Gasteiger partial charge in [0.1, 0.15) is 24.7 Å². The Labute approximate surface area is 137 Å². The molecule has 0 saturated carbocycles. The average molecular weight is 336 g/mol. The molecular formula is C17H23NO4P+. The highest BCUT2D eigenvalue weighted by molar-refractivity contribution is 7.49. The van der Waals surface area contributed by atoms with Crippen LogP contribution in [0.3, 0.4) is 0 Å². The topological polar surface area (TPSA) is 44.8 Å². The third-order valence-corrected chi connectivity index (χ3v) is 4.30. The molecule has 2 rings (SSSR count). The molecule has 0 fully saturated rings. The molecule has 0 aliphatic carbocycles. The van der Waals surface area contributed by atoms with Gasteiger partial charge in [-0.2, -0.15) is 0 Å². The van der Waals surface area contributed by atoms with E-state index in [0.29, 0.717) is 22.5 Å². The minimum absolute atomic E-state index is 0.264. The summed E-state index contributed by atoms with van der Waals surface area (Å²) in [4.78, 5) is 0. The van der Waals surface area contributed by atoms with Crippen LogP contribution in [0.5, 0.6) is 11.5 Å². The Bertz CT molecular complexity index is 595. The fourth-order valence-corrected chi connectivity index (χ4v) is 2.93. The van der Waals surface area contributed by atoms with Crippen molar-refractivity contribution in [3.63, 3.8) is 0 Å². The number of hydrogen-bond acceptors (Lipinski definition) is 4. The van der Waals surface area contributed by atoms with Crippen LogP contribution in [-0.2, 0) is 9.09 Å². The highest BCUT2D eigenvalue weighted by Gasteiger charge is 2.31. The van der Waals surface area contributed by atoms with E-state index in [1.54, 1.807) is 48.5 Å². The molecule has 2 aromatic carbocycles. The Hall–Kier alpha value is -1.81. The number of likely N-dealkylation sites (N-methyl/N-ethyl adjacent to an activating group) is 1. The lowest BCUT2D eigenvalue weighted by Gasteiger charge is -2.25. The summed E-state index contributed by atoms with van der Waals surface area (Å²) in [6, 6.07) is 17.8. The normalized spacial score (nSPS) is 12.0. The number of hydrogen-bond donors (Lipinski definition) is 0. The lowest BCUT2D eigenvalue weighted by Crippen LogP contribution is -2.37. The van der Waals surface area contributed by atoms with Crippen molar-refractivity contribution in [2.75, 3.05) is 34.3 Å². The van der Waals surface area contributed by atoms with Gasteiger partial charge in [-0.1, -0.05) is 36.4 Å². The zero-order valence-corrected chi connectivity index (χ0v) is 14.6. The second kappa shape index (κ2) is 7.64. The van der Waals surface area contributed by atoms with Crippen LogP contribution in [0.2, 0.25) is 0 Å². The lowest BCUT2D eigenvalue weighted by atomic mass is 10.3. The Morgan fingerprint density at radius 2 is 1.26 bits per heavy atom. The molecule has 23 heavy (non-hydrogen) atoms. The number of rotatable bonds is 8. The highest BCUT2D eigenvalue weighted by Crippen LogP contribution is 2.49. The molecule has 0 bridgehead atoms. The van der Waals surface area contributed by atoms with E-state index in [1.165, 1.54) is 0 Å². The van der Waals surface area contributed by atoms with Gasteiger partial charge >= 0.3 is 7.82 Å². The van der Waals surface area contributed by atoms with Crippen molar-refractivity contribution in [1.29, 1.82) is 0 Å². The SMILES string of the molecule is C[N+](C)(C)CCOP(=O)(Oc1ccccc1)Oc1ccccc1. The first-order valence-electron chi connectivity index (χ1n) is 7.41. The van der Waals surface area contributed by atoms with Gasteiger partial charge in [-0.3, -0.25) is 4.52 Å². The van der Waals surface area contributed by atoms with Crippen molar-refractivity contribution in [2.24, 2.45) is 0 Å². The summed E-state index contributed by atoms with van der Waals surface area (Å²) in [5.74, 6) is 0.883. The molecule has 0 aliphatic rings. The first-order valence-corrected chi connectivity index (χ1v) is 8.87. The van der Waals surface area contributed by atoms with Gasteiger partial charge in [0.2, 0.25) is 0 Å². The molecule has 0 saturated heterocycles. The molecule has 2 aromatic rings. The molecule has 5 nitrogen and oxygen atoms in total. The minimum atomic E-state index is -3.76. The summed E-state index contributed by atoms with van der Waals surface area (Å²) in [6.45, 7) is 0.945. The molecule has 0 unspecified atom stereocenters. The number of phosphoric ester groups is 1. The summed E-state index contributed by atoms with van der Waals surface area (Å²) in [6.07, 6.45) is 0. The van der Waals surface area contributed by atoms with Gasteiger partial charge in [0.05, 0.1) is 21.1 Å². The Morgan fingerprint density at radius 1 is 0.826 bits per heavy atom. The monoisotopic (exact) mass is 336 g/mol. The summed E-state index contributed by atoms with van der Waals surface area (Å²) in [7, 11) is 2.34. The quantitative estimate of drug-likeness (QED) is 0.540. The summed E-state index contributed by atoms with van der Waals surface area (Å²) < 4.78 is 30.2. The van der Waals surface area contributed by atoms with Crippen LogP contribution in [0, 0.1) is 0 Å². The van der Waals surface area contributed by atoms with Crippen molar-refractivity contribution in [1.82, 2.24) is 0 Å². The Morgan fingerprint density at radius 3 is 1.65 bits per heavy atom. The molecule has 6 heteroatoms. The fourth-order valence-electron chi connectivity index (χ4n) is 1.72. The maximum atomic E-state index is 13.0. The Kier molecular flexibility index (Phi) is 5.83. The van der Waals surface area contributed by atoms with E-state index in [1.807, 2.05) is 33.3 Å². The highest BCUT2D eigenvalue weighted by atomic mass is 31.2. The van der Waals surface area contributed by atoms with E-state index < -0.39 is 7.82 Å². The van der Waals surface area contributed by atoms with Gasteiger partial charge in [-0.25, -0.2) is 4.57 Å². The van der Waals surface area contributed by atoms with Gasteiger partial charge in [0.15, 0.2) is 0 Å². The molecule has 0 N–H and O–H groups in total. The molecule has 0 radical (unpaired) electrons. The van der Waals surface area contributed by atoms with E-state index in [0.717, 1.165) is 0 Å². The maximum absolute atomic E-state index is 13.0. The molecule has 0 heterocycles. The predicted molar refractivity (Wildman–Crippen MR) is 90.6 cm³/mol. The van der Waals surface area contributed by atoms with Gasteiger partial charge in [0, 0.05) is 0 Å². The molecule has 0 amide bonds. The molecule has 0 aromatic heterocycles. The second-order valence-electron chi connectivity index (χ2n) is 6.10. The fraction of sp³-hybridized carbons (Fsp3) is 0.294. The Balaban J connectivity index is 2.11. The smallest absolute Gasteiger partial charge is 0.395 e. The van der Waals surface area contributed by atoms with Gasteiger partial charge in [-0.05, 0) is 24.3 Å². The largest absolute Gasteiger partial charge is 0.587 e. The molecule has 0 atom stereocenters. The van der Waals surface area contributed by atoms with Crippen LogP contribution in [0.4, 0.5) is 0 Å². The van der Waals surface area contributed by atoms with Gasteiger partial charge in [-0.15, -0.1) is 0 Å². The van der Waals surface area contributed by atoms with E-state index >= 15 is 0 Å². The summed E-state index contributed by atoms with van der Waals surface area (Å²) >= 11 is 0. The van der Waals surface area contributed by atoms with Crippen molar-refractivity contribution >= 4 is 7.82 Å². The molecule has 0 spiro atoms. The number of quaternary nitrogens is 1. The van der Waals surface area contributed by atoms with Gasteiger partial charge < -0.3 is 13.5 Å². The maximum Gasteiger partial charge on any atom is 0.587 e. The van der Waals surface area contributed by atoms with E-state index in [4.69, 9.17) is 13.6 Å². The number of benzene rings is 2. The van der Waals surface area contributed by atoms with Crippen molar-refractivity contribution < 1.29 is 22.6 Å². The number of phosphoric acid groups is 1. The van der Waals surface area contributed by atoms with Crippen molar-refractivity contribution in [3.8, 4) is 11.5 Å². The van der Waals surface area contributed by atoms with Crippen LogP contribution in [0.1, 0.15) is 0 Å². The number of nitrogens with zero attached hydrogens (tertiary/aromatic N) is 1. The van der Waals surface area contributed by atoms with Crippen LogP contribution in [0.25, 0.3) is 0 Å². The summed E-state index contributed by atoms with van der Waals surface area (Å²) in [5.41, 5.74) is 0. The van der Waals surface area contributed by atoms with Crippen LogP contribution < -0.4 is 9.05 Å². The first kappa shape index (κ1) is 17.5. The molecule has 124 valence electrons. The van der Waals surface area contributed by atoms with Crippen LogP contribution in [-0.4, -0.2) is 38.8 Å². The number of para-hydroxylation sites is 2. The lowest BCUT2D eigenvalue weighted by molar-refractivity contribution is -0.870. The predicted octanol–water partition coefficient (Wildman–Crippen LogP) is 3.98. The molecular weight excluding hydrogens is 313 g/mol. The third kappa shape index (κ3) is 6.45. The van der Waals surface area contributed by atoms with Crippen LogP contribution >= 0.6 is 7.82 Å². The van der Waals surface area contributed by atoms with Crippen molar-refractivity contribution in [3.05, 3.63) is 60.7 Å². The standard InChI is InChI=1S/C17H23NO4P/c1-18(2,3)14-15-20-23(19,21-16-10-6-4-7-11-16)22-17-12-8-5-9-13-17/h4-13H,14-15H2,1-3H3/q+1. The first-order chi connectivity index (χ1) is 10.9. The zero-order valence-electron chi connectivity index (χ0n) is 13.7. The van der Waals surface area contributed by atoms with E-state index in [2.05, 4.69) is 0 Å². The molecule has 0 aliphatic heterocycles. The van der Waals surface area contributed by atoms with Gasteiger partial charge in [0.25, 0.3) is 0 Å². The minimum Gasteiger partial charge on any atom is -0.395 e. The second-order valence-corrected chi connectivity index (χ2v) is 7.62. The third-order valence-electron chi connectivity index (χ3n) is 2.93. The van der Waals surface area contributed by atoms with Crippen LogP contribution in [0.15, 0.2) is 60.7 Å². The zero-order chi connectivity index (χ0) is 16.8. The average Bonchev–Trinajstić information content (AvgIpc) is 2.47.